The minimum absolute atomic E-state index is 0.195. The van der Waals surface area contributed by atoms with Crippen LogP contribution in [0.4, 0.5) is 0 Å². The Balaban J connectivity index is 3.03. The molecule has 3 N–H and O–H groups in total. The molecule has 0 rings (SSSR count). The number of aliphatic hydroxyl groups is 1. The van der Waals surface area contributed by atoms with Crippen LogP contribution in [0.2, 0.25) is 0 Å². The highest BCUT2D eigenvalue weighted by Crippen LogP contribution is 2.13. The van der Waals surface area contributed by atoms with E-state index in [1.165, 1.54) is 103 Å². The van der Waals surface area contributed by atoms with E-state index in [1.807, 2.05) is 7.05 Å². The summed E-state index contributed by atoms with van der Waals surface area (Å²) in [7, 11) is 1.90. The Labute approximate surface area is 158 Å². The summed E-state index contributed by atoms with van der Waals surface area (Å²) in [5, 5.41) is 15.6. The first kappa shape index (κ1) is 24.9. The van der Waals surface area contributed by atoms with E-state index in [0.717, 1.165) is 13.1 Å². The molecule has 0 aliphatic heterocycles. The first-order valence-corrected chi connectivity index (χ1v) is 11.3. The van der Waals surface area contributed by atoms with Crippen LogP contribution in [0.5, 0.6) is 0 Å². The molecule has 0 fully saturated rings. The van der Waals surface area contributed by atoms with Crippen LogP contribution in [-0.2, 0) is 0 Å². The summed E-state index contributed by atoms with van der Waals surface area (Å²) in [6.07, 6.45) is 22.7. The summed E-state index contributed by atoms with van der Waals surface area (Å²) < 4.78 is 0. The second-order valence-electron chi connectivity index (χ2n) is 7.68. The van der Waals surface area contributed by atoms with E-state index in [1.54, 1.807) is 0 Å². The number of hydrogen-bond acceptors (Lipinski definition) is 3. The lowest BCUT2D eigenvalue weighted by Gasteiger charge is -2.13. The molecule has 0 spiro atoms. The summed E-state index contributed by atoms with van der Waals surface area (Å²) in [5.41, 5.74) is 0. The molecule has 0 aromatic carbocycles. The molecule has 0 aromatic heterocycles. The Kier molecular flexibility index (Phi) is 21.8. The number of rotatable bonds is 21. The van der Waals surface area contributed by atoms with Gasteiger partial charge < -0.3 is 15.7 Å². The lowest BCUT2D eigenvalue weighted by Crippen LogP contribution is -2.39. The summed E-state index contributed by atoms with van der Waals surface area (Å²) in [5.74, 6) is 0. The molecule has 3 nitrogen and oxygen atoms in total. The normalized spacial score (nSPS) is 12.6. The van der Waals surface area contributed by atoms with Gasteiger partial charge in [0.2, 0.25) is 0 Å². The lowest BCUT2D eigenvalue weighted by molar-refractivity contribution is 0.245. The molecule has 0 heterocycles. The molecule has 0 saturated heterocycles. The van der Waals surface area contributed by atoms with Gasteiger partial charge in [-0.1, -0.05) is 103 Å². The lowest BCUT2D eigenvalue weighted by atomic mass is 10.0. The van der Waals surface area contributed by atoms with Crippen molar-refractivity contribution in [2.45, 2.75) is 116 Å². The molecule has 0 aromatic rings. The summed E-state index contributed by atoms with van der Waals surface area (Å²) >= 11 is 0. The molecule has 0 unspecified atom stereocenters. The van der Waals surface area contributed by atoms with Crippen molar-refractivity contribution in [2.24, 2.45) is 0 Å². The largest absolute Gasteiger partial charge is 0.395 e. The molecular weight excluding hydrogens is 308 g/mol. The van der Waals surface area contributed by atoms with Gasteiger partial charge in [-0.25, -0.2) is 0 Å². The molecule has 0 radical (unpaired) electrons. The number of likely N-dealkylation sites (N-methyl/N-ethyl adjacent to an activating group) is 1. The second kappa shape index (κ2) is 21.9. The maximum absolute atomic E-state index is 9.07. The van der Waals surface area contributed by atoms with Crippen LogP contribution in [0.25, 0.3) is 0 Å². The molecule has 0 bridgehead atoms. The summed E-state index contributed by atoms with van der Waals surface area (Å²) in [6, 6.07) is 0.195. The highest BCUT2D eigenvalue weighted by atomic mass is 16.3. The van der Waals surface area contributed by atoms with Crippen LogP contribution < -0.4 is 10.6 Å². The smallest absolute Gasteiger partial charge is 0.0596 e. The predicted octanol–water partition coefficient (Wildman–Crippen LogP) is 5.42. The summed E-state index contributed by atoms with van der Waals surface area (Å²) in [4.78, 5) is 0. The molecule has 3 heteroatoms. The van der Waals surface area contributed by atoms with Gasteiger partial charge in [0.05, 0.1) is 6.61 Å². The van der Waals surface area contributed by atoms with Crippen molar-refractivity contribution in [3.05, 3.63) is 0 Å². The molecule has 152 valence electrons. The maximum Gasteiger partial charge on any atom is 0.0596 e. The monoisotopic (exact) mass is 356 g/mol. The zero-order chi connectivity index (χ0) is 18.4. The van der Waals surface area contributed by atoms with Crippen molar-refractivity contribution in [1.29, 1.82) is 0 Å². The third-order valence-corrected chi connectivity index (χ3v) is 5.23. The van der Waals surface area contributed by atoms with Gasteiger partial charge in [-0.2, -0.15) is 0 Å². The van der Waals surface area contributed by atoms with Crippen molar-refractivity contribution in [3.8, 4) is 0 Å². The Morgan fingerprint density at radius 2 is 1.04 bits per heavy atom. The zero-order valence-corrected chi connectivity index (χ0v) is 17.5. The van der Waals surface area contributed by atoms with Gasteiger partial charge in [0, 0.05) is 12.6 Å². The first-order chi connectivity index (χ1) is 12.3. The molecule has 1 atom stereocenters. The number of nitrogens with one attached hydrogen (secondary N) is 2. The molecule has 0 saturated carbocycles. The standard InChI is InChI=1S/C22H48N2O/c1-3-4-5-6-7-8-9-10-11-12-13-14-15-16-17-18-19-24-20-22(21-25)23-2/h22-25H,3-21H2,1-2H3/t22-/m1/s1. The third-order valence-electron chi connectivity index (χ3n) is 5.23. The fraction of sp³-hybridized carbons (Fsp3) is 1.00. The minimum Gasteiger partial charge on any atom is -0.395 e. The van der Waals surface area contributed by atoms with Gasteiger partial charge in [0.1, 0.15) is 0 Å². The van der Waals surface area contributed by atoms with E-state index in [9.17, 15) is 0 Å². The van der Waals surface area contributed by atoms with Crippen molar-refractivity contribution in [2.75, 3.05) is 26.7 Å². The number of aliphatic hydroxyl groups excluding tert-OH is 1. The minimum atomic E-state index is 0.195. The molecule has 0 amide bonds. The predicted molar refractivity (Wildman–Crippen MR) is 112 cm³/mol. The summed E-state index contributed by atoms with van der Waals surface area (Å²) in [6.45, 7) is 4.45. The van der Waals surface area contributed by atoms with Crippen molar-refractivity contribution in [3.63, 3.8) is 0 Å². The SMILES string of the molecule is CCCCCCCCCCCCCCCCCCNC[C@H](CO)NC. The van der Waals surface area contributed by atoms with Crippen LogP contribution in [0.15, 0.2) is 0 Å². The Morgan fingerprint density at radius 1 is 0.640 bits per heavy atom. The van der Waals surface area contributed by atoms with Crippen LogP contribution in [-0.4, -0.2) is 37.9 Å². The van der Waals surface area contributed by atoms with Crippen molar-refractivity contribution < 1.29 is 5.11 Å². The quantitative estimate of drug-likeness (QED) is 0.241. The van der Waals surface area contributed by atoms with Gasteiger partial charge in [0.25, 0.3) is 0 Å². The second-order valence-corrected chi connectivity index (χ2v) is 7.68. The molecule has 0 aliphatic carbocycles. The average Bonchev–Trinajstić information content (AvgIpc) is 2.64. The van der Waals surface area contributed by atoms with Crippen LogP contribution in [0.1, 0.15) is 110 Å². The van der Waals surface area contributed by atoms with Crippen molar-refractivity contribution >= 4 is 0 Å². The fourth-order valence-corrected chi connectivity index (χ4v) is 3.33. The van der Waals surface area contributed by atoms with Crippen LogP contribution >= 0.6 is 0 Å². The maximum atomic E-state index is 9.07. The van der Waals surface area contributed by atoms with E-state index in [4.69, 9.17) is 5.11 Å². The van der Waals surface area contributed by atoms with Crippen molar-refractivity contribution in [1.82, 2.24) is 10.6 Å². The third kappa shape index (κ3) is 20.0. The van der Waals surface area contributed by atoms with E-state index in [0.29, 0.717) is 0 Å². The van der Waals surface area contributed by atoms with E-state index in [-0.39, 0.29) is 12.6 Å². The molecule has 0 aliphatic rings. The van der Waals surface area contributed by atoms with Gasteiger partial charge in [-0.15, -0.1) is 0 Å². The van der Waals surface area contributed by atoms with Crippen LogP contribution in [0.3, 0.4) is 0 Å². The fourth-order valence-electron chi connectivity index (χ4n) is 3.33. The Bertz CT molecular complexity index is 232. The zero-order valence-electron chi connectivity index (χ0n) is 17.5. The molecule has 25 heavy (non-hydrogen) atoms. The molecular formula is C22H48N2O. The van der Waals surface area contributed by atoms with Gasteiger partial charge >= 0.3 is 0 Å². The van der Waals surface area contributed by atoms with E-state index >= 15 is 0 Å². The number of hydrogen-bond donors (Lipinski definition) is 3. The van der Waals surface area contributed by atoms with Gasteiger partial charge in [0.15, 0.2) is 0 Å². The Morgan fingerprint density at radius 3 is 1.40 bits per heavy atom. The first-order valence-electron chi connectivity index (χ1n) is 11.3. The average molecular weight is 357 g/mol. The highest BCUT2D eigenvalue weighted by molar-refractivity contribution is 4.65. The van der Waals surface area contributed by atoms with Gasteiger partial charge in [-0.3, -0.25) is 0 Å². The topological polar surface area (TPSA) is 44.3 Å². The Hall–Kier alpha value is -0.120. The highest BCUT2D eigenvalue weighted by Gasteiger charge is 2.01. The van der Waals surface area contributed by atoms with E-state index in [2.05, 4.69) is 17.6 Å². The van der Waals surface area contributed by atoms with Gasteiger partial charge in [-0.05, 0) is 20.0 Å². The number of unbranched alkanes of at least 4 members (excludes halogenated alkanes) is 15. The van der Waals surface area contributed by atoms with Crippen LogP contribution in [0, 0.1) is 0 Å². The van der Waals surface area contributed by atoms with E-state index < -0.39 is 0 Å².